The smallest absolute Gasteiger partial charge is 0.318 e. The van der Waals surface area contributed by atoms with Crippen LogP contribution >= 0.6 is 0 Å². The molecule has 9 nitrogen and oxygen atoms in total. The number of aliphatic hydroxyl groups excluding tert-OH is 1. The fourth-order valence-electron chi connectivity index (χ4n) is 5.97. The molecule has 13 heteroatoms. The number of urea groups is 1. The molecule has 1 aromatic heterocycles. The number of aliphatic hydroxyl groups is 1. The zero-order valence-electron chi connectivity index (χ0n) is 24.4. The van der Waals surface area contributed by atoms with Crippen molar-refractivity contribution in [3.63, 3.8) is 0 Å². The number of amides is 2. The number of phenols is 1. The van der Waals surface area contributed by atoms with Crippen LogP contribution in [0.3, 0.4) is 0 Å². The lowest BCUT2D eigenvalue weighted by molar-refractivity contribution is 0.0253. The lowest BCUT2D eigenvalue weighted by Gasteiger charge is -2.40. The summed E-state index contributed by atoms with van der Waals surface area (Å²) in [6.45, 7) is 2.61. The molecule has 0 spiro atoms. The zero-order valence-corrected chi connectivity index (χ0v) is 24.4. The number of aromatic hydroxyl groups is 1. The van der Waals surface area contributed by atoms with Crippen LogP contribution in [0.1, 0.15) is 37.2 Å². The molecule has 0 bridgehead atoms. The first kappa shape index (κ1) is 31.7. The van der Waals surface area contributed by atoms with Crippen LogP contribution in [-0.2, 0) is 11.3 Å². The number of halogens is 4. The summed E-state index contributed by atoms with van der Waals surface area (Å²) in [5.41, 5.74) is 0.350. The molecule has 0 aliphatic carbocycles. The number of carbonyl (C=O) groups excluding carboxylic acids is 1. The third kappa shape index (κ3) is 7.33. The Balaban J connectivity index is 1.67. The van der Waals surface area contributed by atoms with E-state index in [0.29, 0.717) is 44.0 Å². The van der Waals surface area contributed by atoms with Crippen LogP contribution in [0.15, 0.2) is 42.6 Å². The summed E-state index contributed by atoms with van der Waals surface area (Å²) in [6, 6.07) is 4.66. The van der Waals surface area contributed by atoms with Gasteiger partial charge >= 0.3 is 6.03 Å². The number of aromatic nitrogens is 2. The highest BCUT2D eigenvalue weighted by Crippen LogP contribution is 2.38. The Morgan fingerprint density at radius 2 is 1.93 bits per heavy atom. The molecule has 2 amide bonds. The number of nitrogens with one attached hydrogen (secondary N) is 2. The van der Waals surface area contributed by atoms with E-state index in [1.165, 1.54) is 23.2 Å². The van der Waals surface area contributed by atoms with Crippen LogP contribution in [-0.4, -0.2) is 82.4 Å². The second kappa shape index (κ2) is 14.0. The molecule has 238 valence electrons. The fourth-order valence-corrected chi connectivity index (χ4v) is 5.97. The molecule has 2 fully saturated rings. The van der Waals surface area contributed by atoms with Crippen LogP contribution in [0.5, 0.6) is 5.75 Å². The van der Waals surface area contributed by atoms with Crippen molar-refractivity contribution in [2.24, 2.45) is 11.8 Å². The van der Waals surface area contributed by atoms with Gasteiger partial charge in [-0.2, -0.15) is 0 Å². The molecule has 1 unspecified atom stereocenters. The number of hydrogen-bond acceptors (Lipinski definition) is 6. The molecule has 3 aromatic rings. The number of ether oxygens (including phenoxy) is 1. The number of imidazole rings is 1. The fraction of sp³-hybridized carbons (Fsp3) is 0.484. The molecule has 3 heterocycles. The topological polar surface area (TPSA) is 112 Å². The standard InChI is InChI=1S/C31H37F4N5O4/c1-18(17-41)37-31(43)40(15-21-12-36-13-27(21)35)29(20-4-6-44-7-5-20)30-38-28(25-11-22(32)2-3-26(25)34)16-39(30)14-19-8-23(33)10-24(42)9-19/h2-3,8-11,16,18,20-21,27,29,36,41-42H,4-7,12-15,17H2,1H3,(H,37,43)/t18-,21-,27-,29?/m0/s1. The van der Waals surface area contributed by atoms with Gasteiger partial charge < -0.3 is 35.1 Å². The lowest BCUT2D eigenvalue weighted by Crippen LogP contribution is -2.51. The molecule has 5 rings (SSSR count). The average molecular weight is 620 g/mol. The van der Waals surface area contributed by atoms with Crippen molar-refractivity contribution in [3.05, 3.63) is 71.4 Å². The maximum Gasteiger partial charge on any atom is 0.318 e. The molecular formula is C31H37F4N5O4. The number of nitrogens with zero attached hydrogens (tertiary/aromatic N) is 3. The van der Waals surface area contributed by atoms with Gasteiger partial charge in [0.25, 0.3) is 0 Å². The Kier molecular flexibility index (Phi) is 10.1. The predicted molar refractivity (Wildman–Crippen MR) is 154 cm³/mol. The Morgan fingerprint density at radius 1 is 1.16 bits per heavy atom. The van der Waals surface area contributed by atoms with E-state index in [4.69, 9.17) is 9.72 Å². The normalized spacial score (nSPS) is 20.4. The Bertz CT molecular complexity index is 1430. The van der Waals surface area contributed by atoms with Crippen molar-refractivity contribution in [1.82, 2.24) is 25.1 Å². The molecule has 0 radical (unpaired) electrons. The summed E-state index contributed by atoms with van der Waals surface area (Å²) in [7, 11) is 0. The molecule has 4 atom stereocenters. The van der Waals surface area contributed by atoms with E-state index in [1.54, 1.807) is 11.5 Å². The third-order valence-electron chi connectivity index (χ3n) is 8.21. The molecule has 2 aromatic carbocycles. The Labute approximate surface area is 252 Å². The zero-order chi connectivity index (χ0) is 31.4. The van der Waals surface area contributed by atoms with Crippen molar-refractivity contribution in [2.45, 2.75) is 44.6 Å². The molecule has 4 N–H and O–H groups in total. The van der Waals surface area contributed by atoms with E-state index in [2.05, 4.69) is 10.6 Å². The van der Waals surface area contributed by atoms with Gasteiger partial charge in [-0.1, -0.05) is 0 Å². The van der Waals surface area contributed by atoms with Crippen LogP contribution in [0.2, 0.25) is 0 Å². The maximum atomic E-state index is 15.0. The van der Waals surface area contributed by atoms with E-state index >= 15 is 4.39 Å². The van der Waals surface area contributed by atoms with E-state index in [-0.39, 0.29) is 49.2 Å². The van der Waals surface area contributed by atoms with Gasteiger partial charge in [0.1, 0.15) is 35.2 Å². The van der Waals surface area contributed by atoms with Gasteiger partial charge in [0.15, 0.2) is 0 Å². The molecule has 2 saturated heterocycles. The first-order valence-corrected chi connectivity index (χ1v) is 14.7. The van der Waals surface area contributed by atoms with E-state index in [1.807, 2.05) is 0 Å². The van der Waals surface area contributed by atoms with Gasteiger partial charge in [-0.3, -0.25) is 0 Å². The molecule has 2 aliphatic rings. The van der Waals surface area contributed by atoms with E-state index in [0.717, 1.165) is 24.3 Å². The van der Waals surface area contributed by atoms with Gasteiger partial charge in [-0.05, 0) is 61.6 Å². The summed E-state index contributed by atoms with van der Waals surface area (Å²) < 4.78 is 65.8. The number of phenolic OH excluding ortho intramolecular Hbond substituents is 1. The number of rotatable bonds is 10. The van der Waals surface area contributed by atoms with Crippen molar-refractivity contribution in [1.29, 1.82) is 0 Å². The van der Waals surface area contributed by atoms with Gasteiger partial charge in [-0.15, -0.1) is 0 Å². The van der Waals surface area contributed by atoms with E-state index < -0.39 is 47.7 Å². The number of carbonyl (C=O) groups is 1. The minimum absolute atomic E-state index is 0.0114. The number of benzene rings is 2. The van der Waals surface area contributed by atoms with Crippen LogP contribution in [0, 0.1) is 29.3 Å². The second-order valence-electron chi connectivity index (χ2n) is 11.6. The highest BCUT2D eigenvalue weighted by atomic mass is 19.1. The first-order valence-electron chi connectivity index (χ1n) is 14.7. The lowest BCUT2D eigenvalue weighted by atomic mass is 9.89. The summed E-state index contributed by atoms with van der Waals surface area (Å²) in [4.78, 5) is 20.2. The summed E-state index contributed by atoms with van der Waals surface area (Å²) in [5.74, 6) is -2.80. The third-order valence-corrected chi connectivity index (χ3v) is 8.21. The second-order valence-corrected chi connectivity index (χ2v) is 11.6. The minimum atomic E-state index is -1.21. The van der Waals surface area contributed by atoms with Gasteiger partial charge in [0.05, 0.1) is 24.4 Å². The van der Waals surface area contributed by atoms with E-state index in [9.17, 15) is 28.2 Å². The molecule has 0 saturated carbocycles. The highest BCUT2D eigenvalue weighted by molar-refractivity contribution is 5.75. The van der Waals surface area contributed by atoms with Crippen LogP contribution in [0.4, 0.5) is 22.4 Å². The summed E-state index contributed by atoms with van der Waals surface area (Å²) in [6.07, 6.45) is 1.36. The average Bonchev–Trinajstić information content (AvgIpc) is 3.59. The van der Waals surface area contributed by atoms with Crippen molar-refractivity contribution in [2.75, 3.05) is 39.5 Å². The highest BCUT2D eigenvalue weighted by Gasteiger charge is 2.40. The predicted octanol–water partition coefficient (Wildman–Crippen LogP) is 4.14. The quantitative estimate of drug-likeness (QED) is 0.254. The number of alkyl halides is 1. The molecule has 2 aliphatic heterocycles. The van der Waals surface area contributed by atoms with Gasteiger partial charge in [0, 0.05) is 63.1 Å². The van der Waals surface area contributed by atoms with Gasteiger partial charge in [0.2, 0.25) is 0 Å². The minimum Gasteiger partial charge on any atom is -0.508 e. The monoisotopic (exact) mass is 619 g/mol. The van der Waals surface area contributed by atoms with Crippen LogP contribution < -0.4 is 10.6 Å². The first-order chi connectivity index (χ1) is 21.1. The van der Waals surface area contributed by atoms with Crippen molar-refractivity contribution >= 4 is 6.03 Å². The van der Waals surface area contributed by atoms with Crippen molar-refractivity contribution < 1.29 is 37.3 Å². The van der Waals surface area contributed by atoms with Crippen LogP contribution in [0.25, 0.3) is 11.3 Å². The molecule has 44 heavy (non-hydrogen) atoms. The van der Waals surface area contributed by atoms with Crippen molar-refractivity contribution in [3.8, 4) is 17.0 Å². The Morgan fingerprint density at radius 3 is 2.61 bits per heavy atom. The summed E-state index contributed by atoms with van der Waals surface area (Å²) in [5, 5.41) is 25.5. The van der Waals surface area contributed by atoms with Gasteiger partial charge in [-0.25, -0.2) is 27.3 Å². The maximum absolute atomic E-state index is 15.0. The molecular weight excluding hydrogens is 582 g/mol. The largest absolute Gasteiger partial charge is 0.508 e. The number of hydrogen-bond donors (Lipinski definition) is 4. The summed E-state index contributed by atoms with van der Waals surface area (Å²) >= 11 is 0. The SMILES string of the molecule is C[C@@H](CO)NC(=O)N(C[C@@H]1CNC[C@@H]1F)C(c1nc(-c2cc(F)ccc2F)cn1Cc1cc(O)cc(F)c1)C1CCOCC1. The Hall–Kier alpha value is -3.68.